The van der Waals surface area contributed by atoms with E-state index in [1.807, 2.05) is 0 Å². The Bertz CT molecular complexity index is 898. The number of hydrogen-bond acceptors (Lipinski definition) is 4. The fourth-order valence-corrected chi connectivity index (χ4v) is 3.42. The standard InChI is InChI=1S/C19H14Cl3NO4/c20-12-1-4-14(5-2-12)23-9-11(7-18(23)25)19(26)27-10-17(24)15-6-3-13(21)8-16(15)22/h1-6,8,11H,7,9-10H2/t11-/m0/s1. The average Bonchev–Trinajstić information content (AvgIpc) is 3.02. The van der Waals surface area contributed by atoms with E-state index in [-0.39, 0.29) is 29.5 Å². The quantitative estimate of drug-likeness (QED) is 0.524. The van der Waals surface area contributed by atoms with Crippen LogP contribution in [0.25, 0.3) is 0 Å². The number of ketones is 1. The van der Waals surface area contributed by atoms with Crippen molar-refractivity contribution in [1.29, 1.82) is 0 Å². The van der Waals surface area contributed by atoms with Gasteiger partial charge in [0.1, 0.15) is 0 Å². The third-order valence-electron chi connectivity index (χ3n) is 4.17. The number of carbonyl (C=O) groups is 3. The molecule has 1 heterocycles. The Morgan fingerprint density at radius 2 is 1.70 bits per heavy atom. The zero-order valence-electron chi connectivity index (χ0n) is 14.0. The number of carbonyl (C=O) groups excluding carboxylic acids is 3. The van der Waals surface area contributed by atoms with Crippen LogP contribution >= 0.6 is 34.8 Å². The third kappa shape index (κ3) is 4.61. The normalized spacial score (nSPS) is 16.5. The molecule has 1 amide bonds. The van der Waals surface area contributed by atoms with Gasteiger partial charge in [0, 0.05) is 34.3 Å². The Hall–Kier alpha value is -2.08. The molecule has 0 saturated carbocycles. The molecule has 0 radical (unpaired) electrons. The van der Waals surface area contributed by atoms with Crippen LogP contribution in [0.4, 0.5) is 5.69 Å². The third-order valence-corrected chi connectivity index (χ3v) is 4.97. The minimum atomic E-state index is -0.637. The van der Waals surface area contributed by atoms with Crippen molar-refractivity contribution >= 4 is 58.1 Å². The van der Waals surface area contributed by atoms with Gasteiger partial charge in [-0.15, -0.1) is 0 Å². The summed E-state index contributed by atoms with van der Waals surface area (Å²) in [6.07, 6.45) is 0.0252. The molecule has 0 N–H and O–H groups in total. The molecule has 3 rings (SSSR count). The van der Waals surface area contributed by atoms with Gasteiger partial charge >= 0.3 is 5.97 Å². The fraction of sp³-hybridized carbons (Fsp3) is 0.211. The highest BCUT2D eigenvalue weighted by atomic mass is 35.5. The van der Waals surface area contributed by atoms with Gasteiger partial charge in [0.05, 0.1) is 10.9 Å². The maximum Gasteiger partial charge on any atom is 0.311 e. The zero-order valence-corrected chi connectivity index (χ0v) is 16.2. The first-order valence-electron chi connectivity index (χ1n) is 8.06. The highest BCUT2D eigenvalue weighted by Crippen LogP contribution is 2.27. The number of nitrogens with zero attached hydrogens (tertiary/aromatic N) is 1. The summed E-state index contributed by atoms with van der Waals surface area (Å²) >= 11 is 17.6. The van der Waals surface area contributed by atoms with E-state index in [9.17, 15) is 14.4 Å². The number of Topliss-reactive ketones (excluding diaryl/α,β-unsaturated/α-hetero) is 1. The first kappa shape index (κ1) is 19.7. The van der Waals surface area contributed by atoms with Gasteiger partial charge in [0.15, 0.2) is 6.61 Å². The number of amides is 1. The highest BCUT2D eigenvalue weighted by Gasteiger charge is 2.36. The molecule has 2 aromatic carbocycles. The summed E-state index contributed by atoms with van der Waals surface area (Å²) in [5.74, 6) is -1.87. The number of ether oxygens (including phenoxy) is 1. The van der Waals surface area contributed by atoms with Crippen LogP contribution in [-0.4, -0.2) is 30.8 Å². The molecule has 0 spiro atoms. The average molecular weight is 427 g/mol. The molecule has 1 saturated heterocycles. The molecule has 0 bridgehead atoms. The van der Waals surface area contributed by atoms with E-state index < -0.39 is 24.3 Å². The van der Waals surface area contributed by atoms with E-state index >= 15 is 0 Å². The largest absolute Gasteiger partial charge is 0.457 e. The Morgan fingerprint density at radius 3 is 2.37 bits per heavy atom. The monoisotopic (exact) mass is 425 g/mol. The fourth-order valence-electron chi connectivity index (χ4n) is 2.78. The first-order chi connectivity index (χ1) is 12.8. The van der Waals surface area contributed by atoms with Crippen molar-refractivity contribution in [2.75, 3.05) is 18.1 Å². The number of rotatable bonds is 5. The Labute approximate surface area is 170 Å². The van der Waals surface area contributed by atoms with E-state index in [0.717, 1.165) is 0 Å². The lowest BCUT2D eigenvalue weighted by Crippen LogP contribution is -2.27. The summed E-state index contributed by atoms with van der Waals surface area (Å²) in [6, 6.07) is 11.2. The van der Waals surface area contributed by atoms with Crippen molar-refractivity contribution in [3.8, 4) is 0 Å². The molecule has 1 aliphatic rings. The lowest BCUT2D eigenvalue weighted by molar-refractivity contribution is -0.147. The summed E-state index contributed by atoms with van der Waals surface area (Å²) in [5.41, 5.74) is 0.878. The molecule has 8 heteroatoms. The molecule has 140 valence electrons. The van der Waals surface area contributed by atoms with Crippen molar-refractivity contribution in [1.82, 2.24) is 0 Å². The second-order valence-corrected chi connectivity index (χ2v) is 7.32. The van der Waals surface area contributed by atoms with Crippen LogP contribution < -0.4 is 4.90 Å². The molecular weight excluding hydrogens is 413 g/mol. The number of anilines is 1. The predicted octanol–water partition coefficient (Wildman–Crippen LogP) is 4.43. The molecule has 1 atom stereocenters. The second-order valence-electron chi connectivity index (χ2n) is 6.04. The van der Waals surface area contributed by atoms with Gasteiger partial charge in [-0.2, -0.15) is 0 Å². The lowest BCUT2D eigenvalue weighted by Gasteiger charge is -2.16. The van der Waals surface area contributed by atoms with Crippen molar-refractivity contribution < 1.29 is 19.1 Å². The summed E-state index contributed by atoms with van der Waals surface area (Å²) < 4.78 is 5.10. The Kier molecular flexibility index (Phi) is 6.05. The van der Waals surface area contributed by atoms with E-state index in [0.29, 0.717) is 15.7 Å². The van der Waals surface area contributed by atoms with Gasteiger partial charge < -0.3 is 9.64 Å². The van der Waals surface area contributed by atoms with Gasteiger partial charge in [-0.3, -0.25) is 14.4 Å². The molecule has 1 aliphatic heterocycles. The van der Waals surface area contributed by atoms with Gasteiger partial charge in [-0.05, 0) is 42.5 Å². The number of hydrogen-bond donors (Lipinski definition) is 0. The van der Waals surface area contributed by atoms with Crippen molar-refractivity contribution in [3.05, 3.63) is 63.1 Å². The molecule has 5 nitrogen and oxygen atoms in total. The van der Waals surface area contributed by atoms with Crippen LogP contribution in [0.1, 0.15) is 16.8 Å². The van der Waals surface area contributed by atoms with Gasteiger partial charge in [0.2, 0.25) is 11.7 Å². The van der Waals surface area contributed by atoms with Crippen LogP contribution in [0.3, 0.4) is 0 Å². The van der Waals surface area contributed by atoms with Crippen LogP contribution in [0.5, 0.6) is 0 Å². The van der Waals surface area contributed by atoms with E-state index in [4.69, 9.17) is 39.5 Å². The van der Waals surface area contributed by atoms with E-state index in [1.165, 1.54) is 23.1 Å². The van der Waals surface area contributed by atoms with E-state index in [1.54, 1.807) is 24.3 Å². The minimum absolute atomic E-state index is 0.0252. The summed E-state index contributed by atoms with van der Waals surface area (Å²) in [4.78, 5) is 38.2. The summed E-state index contributed by atoms with van der Waals surface area (Å²) in [5, 5.41) is 1.15. The molecule has 2 aromatic rings. The SMILES string of the molecule is O=C(COC(=O)[C@H]1CC(=O)N(c2ccc(Cl)cc2)C1)c1ccc(Cl)cc1Cl. The predicted molar refractivity (Wildman–Crippen MR) is 104 cm³/mol. The second kappa shape index (κ2) is 8.30. The Morgan fingerprint density at radius 1 is 1.04 bits per heavy atom. The topological polar surface area (TPSA) is 63.7 Å². The van der Waals surface area contributed by atoms with Gasteiger partial charge in [-0.25, -0.2) is 0 Å². The van der Waals surface area contributed by atoms with Crippen molar-refractivity contribution in [3.63, 3.8) is 0 Å². The summed E-state index contributed by atoms with van der Waals surface area (Å²) in [7, 11) is 0. The summed E-state index contributed by atoms with van der Waals surface area (Å²) in [6.45, 7) is -0.263. The lowest BCUT2D eigenvalue weighted by atomic mass is 10.1. The number of esters is 1. The molecule has 0 aliphatic carbocycles. The minimum Gasteiger partial charge on any atom is -0.457 e. The first-order valence-corrected chi connectivity index (χ1v) is 9.19. The van der Waals surface area contributed by atoms with Gasteiger partial charge in [-0.1, -0.05) is 34.8 Å². The number of benzene rings is 2. The van der Waals surface area contributed by atoms with Crippen LogP contribution in [0, 0.1) is 5.92 Å². The molecule has 0 unspecified atom stereocenters. The van der Waals surface area contributed by atoms with Gasteiger partial charge in [0.25, 0.3) is 0 Å². The maximum absolute atomic E-state index is 12.3. The molecule has 27 heavy (non-hydrogen) atoms. The van der Waals surface area contributed by atoms with E-state index in [2.05, 4.69) is 0 Å². The Balaban J connectivity index is 1.59. The van der Waals surface area contributed by atoms with Crippen LogP contribution in [0.2, 0.25) is 15.1 Å². The number of halogens is 3. The van der Waals surface area contributed by atoms with Crippen molar-refractivity contribution in [2.45, 2.75) is 6.42 Å². The molecule has 0 aromatic heterocycles. The van der Waals surface area contributed by atoms with Crippen molar-refractivity contribution in [2.24, 2.45) is 5.92 Å². The molecule has 1 fully saturated rings. The smallest absolute Gasteiger partial charge is 0.311 e. The van der Waals surface area contributed by atoms with Crippen LogP contribution in [-0.2, 0) is 14.3 Å². The zero-order chi connectivity index (χ0) is 19.6. The van der Waals surface area contributed by atoms with Crippen LogP contribution in [0.15, 0.2) is 42.5 Å². The molecular formula is C19H14Cl3NO4. The highest BCUT2D eigenvalue weighted by molar-refractivity contribution is 6.36. The maximum atomic E-state index is 12.3.